The highest BCUT2D eigenvalue weighted by Gasteiger charge is 2.07. The third-order valence-corrected chi connectivity index (χ3v) is 3.58. The molecule has 3 aromatic heterocycles. The van der Waals surface area contributed by atoms with E-state index in [0.717, 1.165) is 41.9 Å². The standard InChI is InChI=1S/C15H20N6/c1-4-7-21-13(5-6-18-21)10-16-12-8-14-11(2)19-20(3)15(14)17-9-12/h5-6,8-9,16H,4,7,10H2,1-3H3. The lowest BCUT2D eigenvalue weighted by molar-refractivity contribution is 0.578. The van der Waals surface area contributed by atoms with Gasteiger partial charge in [0.1, 0.15) is 0 Å². The molecule has 0 unspecified atom stereocenters. The molecule has 0 saturated carbocycles. The molecular formula is C15H20N6. The second kappa shape index (κ2) is 5.55. The van der Waals surface area contributed by atoms with Gasteiger partial charge in [0.2, 0.25) is 0 Å². The first-order valence-corrected chi connectivity index (χ1v) is 7.23. The summed E-state index contributed by atoms with van der Waals surface area (Å²) >= 11 is 0. The van der Waals surface area contributed by atoms with Crippen molar-refractivity contribution >= 4 is 16.7 Å². The summed E-state index contributed by atoms with van der Waals surface area (Å²) in [6.07, 6.45) is 4.78. The number of nitrogens with one attached hydrogen (secondary N) is 1. The Labute approximate surface area is 123 Å². The molecule has 0 aromatic carbocycles. The molecule has 0 fully saturated rings. The lowest BCUT2D eigenvalue weighted by atomic mass is 10.2. The van der Waals surface area contributed by atoms with Gasteiger partial charge in [-0.05, 0) is 25.5 Å². The van der Waals surface area contributed by atoms with Crippen molar-refractivity contribution in [2.75, 3.05) is 5.32 Å². The van der Waals surface area contributed by atoms with Crippen LogP contribution in [0.25, 0.3) is 11.0 Å². The average molecular weight is 284 g/mol. The second-order valence-corrected chi connectivity index (χ2v) is 5.20. The summed E-state index contributed by atoms with van der Waals surface area (Å²) in [7, 11) is 1.92. The highest BCUT2D eigenvalue weighted by atomic mass is 15.3. The van der Waals surface area contributed by atoms with Crippen LogP contribution in [0, 0.1) is 6.92 Å². The number of hydrogen-bond acceptors (Lipinski definition) is 4. The van der Waals surface area contributed by atoms with Crippen LogP contribution in [0.4, 0.5) is 5.69 Å². The summed E-state index contributed by atoms with van der Waals surface area (Å²) in [6.45, 7) is 5.85. The van der Waals surface area contributed by atoms with Gasteiger partial charge >= 0.3 is 0 Å². The molecule has 0 radical (unpaired) electrons. The monoisotopic (exact) mass is 284 g/mol. The van der Waals surface area contributed by atoms with Crippen molar-refractivity contribution < 1.29 is 0 Å². The summed E-state index contributed by atoms with van der Waals surface area (Å²) in [5.41, 5.74) is 4.09. The van der Waals surface area contributed by atoms with E-state index in [0.29, 0.717) is 0 Å². The fourth-order valence-electron chi connectivity index (χ4n) is 2.52. The predicted molar refractivity (Wildman–Crippen MR) is 83.1 cm³/mol. The van der Waals surface area contributed by atoms with Gasteiger partial charge in [-0.2, -0.15) is 10.2 Å². The highest BCUT2D eigenvalue weighted by molar-refractivity contribution is 5.81. The maximum atomic E-state index is 4.48. The Morgan fingerprint density at radius 1 is 1.33 bits per heavy atom. The summed E-state index contributed by atoms with van der Waals surface area (Å²) in [5.74, 6) is 0. The first kappa shape index (κ1) is 13.6. The van der Waals surface area contributed by atoms with Crippen molar-refractivity contribution in [3.05, 3.63) is 35.9 Å². The van der Waals surface area contributed by atoms with Crippen LogP contribution in [0.2, 0.25) is 0 Å². The minimum atomic E-state index is 0.743. The minimum Gasteiger partial charge on any atom is -0.378 e. The second-order valence-electron chi connectivity index (χ2n) is 5.20. The quantitative estimate of drug-likeness (QED) is 0.782. The first-order chi connectivity index (χ1) is 10.2. The van der Waals surface area contributed by atoms with Crippen LogP contribution in [0.15, 0.2) is 24.5 Å². The zero-order valence-corrected chi connectivity index (χ0v) is 12.7. The molecule has 0 bridgehead atoms. The lowest BCUT2D eigenvalue weighted by Gasteiger charge is -2.09. The molecule has 0 aliphatic carbocycles. The number of rotatable bonds is 5. The summed E-state index contributed by atoms with van der Waals surface area (Å²) < 4.78 is 3.85. The third kappa shape index (κ3) is 2.61. The van der Waals surface area contributed by atoms with Gasteiger partial charge in [0, 0.05) is 25.2 Å². The molecule has 3 aromatic rings. The van der Waals surface area contributed by atoms with Gasteiger partial charge in [0.25, 0.3) is 0 Å². The number of aryl methyl sites for hydroxylation is 3. The lowest BCUT2D eigenvalue weighted by Crippen LogP contribution is -2.09. The van der Waals surface area contributed by atoms with Crippen LogP contribution in [0.5, 0.6) is 0 Å². The molecule has 3 rings (SSSR count). The Morgan fingerprint density at radius 2 is 2.19 bits per heavy atom. The molecule has 3 heterocycles. The first-order valence-electron chi connectivity index (χ1n) is 7.23. The topological polar surface area (TPSA) is 60.6 Å². The van der Waals surface area contributed by atoms with E-state index in [1.165, 1.54) is 5.69 Å². The van der Waals surface area contributed by atoms with Crippen molar-refractivity contribution in [1.82, 2.24) is 24.5 Å². The van der Waals surface area contributed by atoms with Crippen LogP contribution in [-0.4, -0.2) is 24.5 Å². The Morgan fingerprint density at radius 3 is 3.00 bits per heavy atom. The highest BCUT2D eigenvalue weighted by Crippen LogP contribution is 2.19. The largest absolute Gasteiger partial charge is 0.378 e. The molecule has 0 spiro atoms. The van der Waals surface area contributed by atoms with Crippen LogP contribution in [-0.2, 0) is 20.1 Å². The van der Waals surface area contributed by atoms with Crippen molar-refractivity contribution in [3.8, 4) is 0 Å². The number of anilines is 1. The Hall–Kier alpha value is -2.37. The van der Waals surface area contributed by atoms with Gasteiger partial charge in [-0.3, -0.25) is 9.36 Å². The molecule has 1 N–H and O–H groups in total. The van der Waals surface area contributed by atoms with Gasteiger partial charge < -0.3 is 5.32 Å². The zero-order chi connectivity index (χ0) is 14.8. The van der Waals surface area contributed by atoms with Gasteiger partial charge in [0.05, 0.1) is 29.8 Å². The fourth-order valence-corrected chi connectivity index (χ4v) is 2.52. The number of hydrogen-bond donors (Lipinski definition) is 1. The van der Waals surface area contributed by atoms with E-state index in [2.05, 4.69) is 33.5 Å². The molecule has 6 heteroatoms. The third-order valence-electron chi connectivity index (χ3n) is 3.58. The maximum absolute atomic E-state index is 4.48. The van der Waals surface area contributed by atoms with E-state index in [9.17, 15) is 0 Å². The average Bonchev–Trinajstić information content (AvgIpc) is 3.03. The van der Waals surface area contributed by atoms with Crippen LogP contribution >= 0.6 is 0 Å². The van der Waals surface area contributed by atoms with E-state index in [-0.39, 0.29) is 0 Å². The summed E-state index contributed by atoms with van der Waals surface area (Å²) in [5, 5.41) is 13.2. The molecule has 0 aliphatic rings. The van der Waals surface area contributed by atoms with Crippen LogP contribution in [0.3, 0.4) is 0 Å². The smallest absolute Gasteiger partial charge is 0.157 e. The van der Waals surface area contributed by atoms with E-state index >= 15 is 0 Å². The van der Waals surface area contributed by atoms with Gasteiger partial charge in [-0.15, -0.1) is 0 Å². The van der Waals surface area contributed by atoms with E-state index in [4.69, 9.17) is 0 Å². The van der Waals surface area contributed by atoms with Crippen LogP contribution in [0.1, 0.15) is 24.7 Å². The summed E-state index contributed by atoms with van der Waals surface area (Å²) in [4.78, 5) is 4.48. The van der Waals surface area contributed by atoms with E-state index in [1.54, 1.807) is 0 Å². The number of pyridine rings is 1. The molecule has 110 valence electrons. The van der Waals surface area contributed by atoms with Crippen molar-refractivity contribution in [3.63, 3.8) is 0 Å². The van der Waals surface area contributed by atoms with Gasteiger partial charge in [-0.25, -0.2) is 4.98 Å². The minimum absolute atomic E-state index is 0.743. The van der Waals surface area contributed by atoms with E-state index < -0.39 is 0 Å². The molecule has 21 heavy (non-hydrogen) atoms. The van der Waals surface area contributed by atoms with Crippen molar-refractivity contribution in [1.29, 1.82) is 0 Å². The van der Waals surface area contributed by atoms with Gasteiger partial charge in [0.15, 0.2) is 5.65 Å². The Bertz CT molecular complexity index is 755. The Balaban J connectivity index is 1.79. The van der Waals surface area contributed by atoms with Crippen molar-refractivity contribution in [2.24, 2.45) is 7.05 Å². The number of aromatic nitrogens is 5. The molecule has 0 amide bonds. The van der Waals surface area contributed by atoms with Gasteiger partial charge in [-0.1, -0.05) is 6.92 Å². The fraction of sp³-hybridized carbons (Fsp3) is 0.400. The number of nitrogens with zero attached hydrogens (tertiary/aromatic N) is 5. The maximum Gasteiger partial charge on any atom is 0.157 e. The van der Waals surface area contributed by atoms with Crippen molar-refractivity contribution in [2.45, 2.75) is 33.4 Å². The summed E-state index contributed by atoms with van der Waals surface area (Å²) in [6, 6.07) is 4.15. The van der Waals surface area contributed by atoms with Crippen LogP contribution < -0.4 is 5.32 Å². The SMILES string of the molecule is CCCn1nccc1CNc1cnc2c(c1)c(C)nn2C. The molecule has 0 saturated heterocycles. The zero-order valence-electron chi connectivity index (χ0n) is 12.7. The molecular weight excluding hydrogens is 264 g/mol. The molecule has 0 aliphatic heterocycles. The predicted octanol–water partition coefficient (Wildman–Crippen LogP) is 2.50. The normalized spacial score (nSPS) is 11.2. The molecule has 6 nitrogen and oxygen atoms in total. The molecule has 0 atom stereocenters. The Kier molecular flexibility index (Phi) is 3.60. The van der Waals surface area contributed by atoms with E-state index in [1.807, 2.05) is 41.8 Å². The number of fused-ring (bicyclic) bond motifs is 1.